The zero-order valence-electron chi connectivity index (χ0n) is 30.6. The third-order valence-electron chi connectivity index (χ3n) is 8.92. The van der Waals surface area contributed by atoms with Gasteiger partial charge in [-0.25, -0.2) is 0 Å². The van der Waals surface area contributed by atoms with E-state index >= 15 is 0 Å². The van der Waals surface area contributed by atoms with Gasteiger partial charge in [-0.15, -0.1) is 0 Å². The van der Waals surface area contributed by atoms with Crippen LogP contribution in [0.3, 0.4) is 0 Å². The van der Waals surface area contributed by atoms with Crippen LogP contribution in [-0.4, -0.2) is 12.1 Å². The van der Waals surface area contributed by atoms with Crippen molar-refractivity contribution < 1.29 is 79.3 Å². The van der Waals surface area contributed by atoms with E-state index in [9.17, 15) is 57.5 Å². The fraction of sp³-hybridized carbons (Fsp3) is 0.186. The van der Waals surface area contributed by atoms with Gasteiger partial charge in [-0.2, -0.15) is 52.7 Å². The molecule has 0 unspecified atom stereocenters. The molecule has 2 aliphatic carbocycles. The van der Waals surface area contributed by atoms with E-state index in [0.717, 1.165) is 54.4 Å². The molecule has 0 aliphatic heterocycles. The maximum absolute atomic E-state index is 13.0. The normalized spacial score (nSPS) is 16.5. The van der Waals surface area contributed by atoms with E-state index in [-0.39, 0.29) is 17.1 Å². The number of hydrogen-bond acceptors (Lipinski definition) is 2. The van der Waals surface area contributed by atoms with Gasteiger partial charge >= 0.3 is 30.7 Å². The van der Waals surface area contributed by atoms with Crippen molar-refractivity contribution in [2.45, 2.75) is 50.6 Å². The Bertz CT molecular complexity index is 1820. The topological polar surface area (TPSA) is 26.3 Å². The Hall–Kier alpha value is -3.54. The number of esters is 1. The molecule has 0 aromatic heterocycles. The van der Waals surface area contributed by atoms with Crippen LogP contribution in [0.5, 0.6) is 0 Å². The van der Waals surface area contributed by atoms with Crippen LogP contribution < -0.4 is 10.6 Å². The van der Waals surface area contributed by atoms with Gasteiger partial charge in [0.25, 0.3) is 0 Å². The van der Waals surface area contributed by atoms with E-state index < -0.39 is 72.9 Å². The van der Waals surface area contributed by atoms with E-state index in [2.05, 4.69) is 0 Å². The Morgan fingerprint density at radius 3 is 1.17 bits per heavy atom. The first-order valence-electron chi connectivity index (χ1n) is 17.2. The van der Waals surface area contributed by atoms with Crippen molar-refractivity contribution in [1.29, 1.82) is 0 Å². The summed E-state index contributed by atoms with van der Waals surface area (Å²) >= 11 is 0. The van der Waals surface area contributed by atoms with E-state index in [1.807, 2.05) is 0 Å². The monoisotopic (exact) mass is 894 g/mol. The fourth-order valence-corrected chi connectivity index (χ4v) is 8.70. The van der Waals surface area contributed by atoms with E-state index in [1.54, 1.807) is 51.9 Å². The quantitative estimate of drug-likeness (QED) is 0.0762. The van der Waals surface area contributed by atoms with E-state index in [1.165, 1.54) is 55.5 Å². The van der Waals surface area contributed by atoms with Crippen molar-refractivity contribution in [1.82, 2.24) is 0 Å². The van der Waals surface area contributed by atoms with Gasteiger partial charge in [0, 0.05) is 41.5 Å². The first-order chi connectivity index (χ1) is 27.0. The summed E-state index contributed by atoms with van der Waals surface area (Å²) in [4.78, 5) is 11.4. The van der Waals surface area contributed by atoms with Gasteiger partial charge in [0.2, 0.25) is 0 Å². The summed E-state index contributed by atoms with van der Waals surface area (Å²) in [6, 6.07) is 18.5. The molecule has 1 atom stereocenters. The van der Waals surface area contributed by atoms with Crippen LogP contribution in [0, 0.1) is 62.4 Å². The molecule has 2 nitrogen and oxygen atoms in total. The Balaban J connectivity index is 0.000000261. The molecule has 0 bridgehead atoms. The number of benzene rings is 4. The van der Waals surface area contributed by atoms with E-state index in [0.29, 0.717) is 33.3 Å². The average Bonchev–Trinajstić information content (AvgIpc) is 3.85. The van der Waals surface area contributed by atoms with Gasteiger partial charge in [0.15, 0.2) is 0 Å². The van der Waals surface area contributed by atoms with E-state index in [4.69, 9.17) is 4.74 Å². The largest absolute Gasteiger partial charge is 0.462 e. The maximum atomic E-state index is 13.0. The number of carbonyl (C=O) groups excluding carboxylic acids is 1. The molecule has 312 valence electrons. The average molecular weight is 895 g/mol. The molecule has 0 amide bonds. The van der Waals surface area contributed by atoms with Crippen molar-refractivity contribution in [2.24, 2.45) is 0 Å². The third kappa shape index (κ3) is 12.5. The molecule has 16 heteroatoms. The molecule has 2 fully saturated rings. The predicted octanol–water partition coefficient (Wildman–Crippen LogP) is 12.1. The van der Waals surface area contributed by atoms with Crippen LogP contribution in [0.25, 0.3) is 0 Å². The molecule has 59 heavy (non-hydrogen) atoms. The van der Waals surface area contributed by atoms with Gasteiger partial charge in [-0.3, -0.25) is 4.79 Å². The van der Waals surface area contributed by atoms with Gasteiger partial charge in [-0.05, 0) is 136 Å². The van der Waals surface area contributed by atoms with Crippen LogP contribution in [0.4, 0.5) is 52.7 Å². The predicted molar refractivity (Wildman–Crippen MR) is 195 cm³/mol. The number of alkyl halides is 12. The first kappa shape index (κ1) is 48.1. The Morgan fingerprint density at radius 2 is 0.847 bits per heavy atom. The summed E-state index contributed by atoms with van der Waals surface area (Å²) < 4.78 is 160. The zero-order chi connectivity index (χ0) is 42.6. The summed E-state index contributed by atoms with van der Waals surface area (Å²) in [6.07, 6.45) is -6.21. The van der Waals surface area contributed by atoms with Gasteiger partial charge < -0.3 is 4.74 Å². The third-order valence-corrected chi connectivity index (χ3v) is 11.4. The number of ether oxygens (including phenoxy) is 1. The SMILES string of the molecule is CC(=O)O[C@H](C)[C]1[CH][CH][CH][C]1P(c1ccc(C(F)(F)F)cc1)c1ccc(C(F)(F)F)cc1.FC(F)(F)c1ccc(C([C]2[CH][CH][CH][CH]2)c2ccc(C(F)(F)F)cc2)cc1.[Fe]. The molecular formula is C43H31F12FeO2P. The summed E-state index contributed by atoms with van der Waals surface area (Å²) in [7, 11) is -1.51. The molecule has 0 spiro atoms. The van der Waals surface area contributed by atoms with Crippen molar-refractivity contribution in [3.8, 4) is 0 Å². The summed E-state index contributed by atoms with van der Waals surface area (Å²) in [5, 5.41) is 1.05. The number of rotatable bonds is 8. The zero-order valence-corrected chi connectivity index (χ0v) is 32.6. The molecule has 4 aromatic carbocycles. The minimum absolute atomic E-state index is 0. The van der Waals surface area contributed by atoms with Crippen LogP contribution >= 0.6 is 7.92 Å². The van der Waals surface area contributed by atoms with Gasteiger partial charge in [0.05, 0.1) is 22.3 Å². The van der Waals surface area contributed by atoms with Crippen molar-refractivity contribution >= 4 is 24.5 Å². The summed E-state index contributed by atoms with van der Waals surface area (Å²) in [6.45, 7) is 2.92. The second-order valence-corrected chi connectivity index (χ2v) is 15.1. The number of halogens is 12. The van der Waals surface area contributed by atoms with Crippen molar-refractivity contribution in [3.05, 3.63) is 193 Å². The Morgan fingerprint density at radius 1 is 0.508 bits per heavy atom. The Kier molecular flexibility index (Phi) is 15.9. The smallest absolute Gasteiger partial charge is 0.416 e. The van der Waals surface area contributed by atoms with Crippen LogP contribution in [0.1, 0.15) is 53.1 Å². The van der Waals surface area contributed by atoms with Crippen LogP contribution in [0.15, 0.2) is 97.1 Å². The molecule has 0 heterocycles. The maximum Gasteiger partial charge on any atom is 0.416 e. The minimum Gasteiger partial charge on any atom is -0.462 e. The fourth-order valence-electron chi connectivity index (χ4n) is 6.20. The molecule has 6 rings (SSSR count). The number of carbonyl (C=O) groups is 1. The second kappa shape index (κ2) is 19.4. The minimum atomic E-state index is -4.51. The summed E-state index contributed by atoms with van der Waals surface area (Å²) in [5.74, 6) is 0.489. The van der Waals surface area contributed by atoms with Crippen LogP contribution in [-0.2, 0) is 51.3 Å². The first-order valence-corrected chi connectivity index (χ1v) is 18.5. The molecule has 0 N–H and O–H groups in total. The molecule has 2 saturated carbocycles. The Labute approximate surface area is 346 Å². The van der Waals surface area contributed by atoms with Gasteiger partial charge in [0.1, 0.15) is 6.10 Å². The van der Waals surface area contributed by atoms with Crippen molar-refractivity contribution in [3.63, 3.8) is 0 Å². The molecule has 2 aliphatic rings. The van der Waals surface area contributed by atoms with Gasteiger partial charge in [-0.1, -0.05) is 48.5 Å². The summed E-state index contributed by atoms with van der Waals surface area (Å²) in [5.41, 5.74) is -1.34. The standard InChI is InChI=1S/C23H18F6O2P.C20H13F6.Fe/c1-14(31-15(2)30)20-4-3-5-21(20)32(18-10-6-16(7-11-18)22(24,25)26)19-12-8-17(9-13-19)23(27,28)29;21-19(22,23)16-9-5-14(6-10-16)18(13-3-1-2-4-13)15-7-11-17(12-8-15)20(24,25)26;/h3-14H,1-2H3;1-12,18H;/t14-;;/m1../s1. The molecule has 10 radical (unpaired) electrons. The molecule has 0 saturated heterocycles. The number of hydrogen-bond donors (Lipinski definition) is 0. The second-order valence-electron chi connectivity index (χ2n) is 12.9. The van der Waals surface area contributed by atoms with Crippen molar-refractivity contribution in [2.75, 3.05) is 0 Å². The molecular weight excluding hydrogens is 863 g/mol. The van der Waals surface area contributed by atoms with Crippen LogP contribution in [0.2, 0.25) is 0 Å². The molecule has 4 aromatic rings.